The van der Waals surface area contributed by atoms with Crippen molar-refractivity contribution >= 4 is 23.2 Å². The van der Waals surface area contributed by atoms with Crippen LogP contribution in [0.1, 0.15) is 12.0 Å². The summed E-state index contributed by atoms with van der Waals surface area (Å²) in [4.78, 5) is 2.18. The lowest BCUT2D eigenvalue weighted by atomic mass is 10.0. The molecule has 0 aliphatic carbocycles. The third-order valence-corrected chi connectivity index (χ3v) is 4.35. The van der Waals surface area contributed by atoms with E-state index in [-0.39, 0.29) is 0 Å². The van der Waals surface area contributed by atoms with Crippen LogP contribution in [0.15, 0.2) is 30.6 Å². The third-order valence-electron chi connectivity index (χ3n) is 3.74. The molecular formula is C14H16Cl2N4O. The Morgan fingerprint density at radius 1 is 1.33 bits per heavy atom. The van der Waals surface area contributed by atoms with Crippen LogP contribution < -0.4 is 0 Å². The van der Waals surface area contributed by atoms with E-state index in [0.29, 0.717) is 36.1 Å². The van der Waals surface area contributed by atoms with E-state index in [1.54, 1.807) is 29.2 Å². The summed E-state index contributed by atoms with van der Waals surface area (Å²) in [5.41, 5.74) is 0.202. The number of hydrogen-bond donors (Lipinski definition) is 1. The van der Waals surface area contributed by atoms with E-state index in [0.717, 1.165) is 12.1 Å². The molecule has 2 aromatic rings. The predicted molar refractivity (Wildman–Crippen MR) is 81.3 cm³/mol. The highest BCUT2D eigenvalue weighted by molar-refractivity contribution is 6.33. The lowest BCUT2D eigenvalue weighted by molar-refractivity contribution is 0.0274. The summed E-state index contributed by atoms with van der Waals surface area (Å²) in [6.45, 7) is 2.52. The summed E-state index contributed by atoms with van der Waals surface area (Å²) >= 11 is 12.2. The number of nitrogens with zero attached hydrogens (tertiary/aromatic N) is 4. The molecule has 1 aliphatic rings. The van der Waals surface area contributed by atoms with Gasteiger partial charge in [0.2, 0.25) is 0 Å². The molecule has 1 N–H and O–H groups in total. The van der Waals surface area contributed by atoms with Crippen molar-refractivity contribution in [3.8, 4) is 0 Å². The Labute approximate surface area is 133 Å². The molecule has 0 saturated carbocycles. The van der Waals surface area contributed by atoms with Crippen LogP contribution in [0, 0.1) is 0 Å². The van der Waals surface area contributed by atoms with E-state index in [9.17, 15) is 5.11 Å². The van der Waals surface area contributed by atoms with Crippen LogP contribution in [0.3, 0.4) is 0 Å². The Bertz CT molecular complexity index is 619. The largest absolute Gasteiger partial charge is 0.387 e. The van der Waals surface area contributed by atoms with Crippen molar-refractivity contribution in [2.45, 2.75) is 25.1 Å². The van der Waals surface area contributed by atoms with Gasteiger partial charge in [0.25, 0.3) is 0 Å². The number of aliphatic hydroxyl groups is 1. The maximum absolute atomic E-state index is 10.6. The average molecular weight is 327 g/mol. The van der Waals surface area contributed by atoms with Gasteiger partial charge in [0, 0.05) is 35.9 Å². The molecule has 0 spiro atoms. The first-order valence-electron chi connectivity index (χ1n) is 6.77. The van der Waals surface area contributed by atoms with Gasteiger partial charge in [-0.15, -0.1) is 5.10 Å². The maximum Gasteiger partial charge on any atom is 0.0981 e. The monoisotopic (exact) mass is 326 g/mol. The second-order valence-electron chi connectivity index (χ2n) is 5.52. The van der Waals surface area contributed by atoms with Crippen molar-refractivity contribution in [2.24, 2.45) is 0 Å². The van der Waals surface area contributed by atoms with Crippen molar-refractivity contribution < 1.29 is 5.11 Å². The smallest absolute Gasteiger partial charge is 0.0981 e. The van der Waals surface area contributed by atoms with Crippen molar-refractivity contribution in [1.82, 2.24) is 19.9 Å². The summed E-state index contributed by atoms with van der Waals surface area (Å²) in [5.74, 6) is 0. The molecule has 1 fully saturated rings. The zero-order valence-corrected chi connectivity index (χ0v) is 12.9. The van der Waals surface area contributed by atoms with Gasteiger partial charge >= 0.3 is 0 Å². The van der Waals surface area contributed by atoms with E-state index < -0.39 is 5.60 Å². The quantitative estimate of drug-likeness (QED) is 0.936. The highest BCUT2D eigenvalue weighted by Gasteiger charge is 2.36. The molecule has 1 aromatic carbocycles. The molecule has 1 unspecified atom stereocenters. The molecule has 1 atom stereocenters. The fourth-order valence-electron chi connectivity index (χ4n) is 2.73. The SMILES string of the molecule is OC1(Cn2ccnn2)CCN(Cc2cc(Cl)ccc2Cl)C1. The van der Waals surface area contributed by atoms with Gasteiger partial charge in [0.05, 0.1) is 18.3 Å². The molecule has 3 rings (SSSR count). The van der Waals surface area contributed by atoms with Crippen molar-refractivity contribution in [2.75, 3.05) is 13.1 Å². The van der Waals surface area contributed by atoms with Gasteiger partial charge < -0.3 is 5.11 Å². The minimum Gasteiger partial charge on any atom is -0.387 e. The minimum absolute atomic E-state index is 0.451. The fraction of sp³-hybridized carbons (Fsp3) is 0.429. The number of benzene rings is 1. The molecule has 5 nitrogen and oxygen atoms in total. The Kier molecular flexibility index (Phi) is 4.17. The Hall–Kier alpha value is -1.14. The predicted octanol–water partition coefficient (Wildman–Crippen LogP) is 2.22. The second-order valence-corrected chi connectivity index (χ2v) is 6.36. The summed E-state index contributed by atoms with van der Waals surface area (Å²) in [6.07, 6.45) is 4.07. The highest BCUT2D eigenvalue weighted by Crippen LogP contribution is 2.27. The molecule has 1 aliphatic heterocycles. The van der Waals surface area contributed by atoms with E-state index >= 15 is 0 Å². The van der Waals surface area contributed by atoms with Crippen LogP contribution in [-0.4, -0.2) is 43.7 Å². The molecule has 7 heteroatoms. The van der Waals surface area contributed by atoms with Crippen LogP contribution >= 0.6 is 23.2 Å². The summed E-state index contributed by atoms with van der Waals surface area (Å²) in [7, 11) is 0. The normalized spacial score (nSPS) is 22.8. The first-order chi connectivity index (χ1) is 10.0. The number of aromatic nitrogens is 3. The molecule has 1 saturated heterocycles. The van der Waals surface area contributed by atoms with Crippen molar-refractivity contribution in [3.63, 3.8) is 0 Å². The molecule has 0 radical (unpaired) electrons. The summed E-state index contributed by atoms with van der Waals surface area (Å²) in [6, 6.07) is 5.45. The summed E-state index contributed by atoms with van der Waals surface area (Å²) in [5, 5.41) is 19.7. The van der Waals surface area contributed by atoms with Gasteiger partial charge in [-0.25, -0.2) is 4.68 Å². The van der Waals surface area contributed by atoms with Crippen LogP contribution in [-0.2, 0) is 13.1 Å². The van der Waals surface area contributed by atoms with Gasteiger partial charge in [-0.1, -0.05) is 28.4 Å². The van der Waals surface area contributed by atoms with Gasteiger partial charge in [-0.05, 0) is 30.2 Å². The molecule has 112 valence electrons. The van der Waals surface area contributed by atoms with Crippen LogP contribution in [0.2, 0.25) is 10.0 Å². The molecular weight excluding hydrogens is 311 g/mol. The van der Waals surface area contributed by atoms with Gasteiger partial charge in [0.1, 0.15) is 0 Å². The van der Waals surface area contributed by atoms with Gasteiger partial charge in [-0.3, -0.25) is 4.90 Å². The maximum atomic E-state index is 10.6. The van der Waals surface area contributed by atoms with Crippen molar-refractivity contribution in [3.05, 3.63) is 46.2 Å². The topological polar surface area (TPSA) is 54.2 Å². The second kappa shape index (κ2) is 5.93. The molecule has 0 bridgehead atoms. The number of halogens is 2. The Morgan fingerprint density at radius 2 is 2.19 bits per heavy atom. The summed E-state index contributed by atoms with van der Waals surface area (Å²) < 4.78 is 1.66. The average Bonchev–Trinajstić information content (AvgIpc) is 3.05. The minimum atomic E-state index is -0.779. The first-order valence-corrected chi connectivity index (χ1v) is 7.52. The van der Waals surface area contributed by atoms with Crippen LogP contribution in [0.5, 0.6) is 0 Å². The highest BCUT2D eigenvalue weighted by atomic mass is 35.5. The lowest BCUT2D eigenvalue weighted by Gasteiger charge is -2.23. The van der Waals surface area contributed by atoms with E-state index in [2.05, 4.69) is 15.2 Å². The van der Waals surface area contributed by atoms with E-state index in [1.807, 2.05) is 6.07 Å². The van der Waals surface area contributed by atoms with E-state index in [1.165, 1.54) is 0 Å². The standard InChI is InChI=1S/C14H16Cl2N4O/c15-12-1-2-13(16)11(7-12)8-19-5-3-14(21,9-19)10-20-6-4-17-18-20/h1-2,4,6-7,21H,3,5,8-10H2. The number of hydrogen-bond acceptors (Lipinski definition) is 4. The molecule has 0 amide bonds. The fourth-order valence-corrected chi connectivity index (χ4v) is 3.10. The van der Waals surface area contributed by atoms with E-state index in [4.69, 9.17) is 23.2 Å². The zero-order chi connectivity index (χ0) is 14.9. The Morgan fingerprint density at radius 3 is 2.95 bits per heavy atom. The number of rotatable bonds is 4. The third kappa shape index (κ3) is 3.55. The van der Waals surface area contributed by atoms with Gasteiger partial charge in [0.15, 0.2) is 0 Å². The molecule has 2 heterocycles. The number of likely N-dealkylation sites (tertiary alicyclic amines) is 1. The number of β-amino-alcohol motifs (C(OH)–C–C–N with tert-alkyl or cyclic N) is 1. The van der Waals surface area contributed by atoms with Gasteiger partial charge in [-0.2, -0.15) is 0 Å². The van der Waals surface area contributed by atoms with Crippen LogP contribution in [0.25, 0.3) is 0 Å². The first kappa shape index (κ1) is 14.8. The lowest BCUT2D eigenvalue weighted by Crippen LogP contribution is -2.37. The molecule has 1 aromatic heterocycles. The zero-order valence-electron chi connectivity index (χ0n) is 11.4. The van der Waals surface area contributed by atoms with Crippen molar-refractivity contribution in [1.29, 1.82) is 0 Å². The Balaban J connectivity index is 1.65. The molecule has 21 heavy (non-hydrogen) atoms. The van der Waals surface area contributed by atoms with Crippen LogP contribution in [0.4, 0.5) is 0 Å².